The Labute approximate surface area is 85.6 Å². The number of hydrogen-bond donors (Lipinski definition) is 0. The largest absolute Gasteiger partial charge is 0.142 e. The van der Waals surface area contributed by atoms with Crippen molar-refractivity contribution >= 4 is 6.71 Å². The fraction of sp³-hybridized carbons (Fsp3) is 1.00. The van der Waals surface area contributed by atoms with Crippen molar-refractivity contribution in [2.24, 2.45) is 0 Å². The second kappa shape index (κ2) is 8.65. The van der Waals surface area contributed by atoms with Crippen molar-refractivity contribution in [2.45, 2.75) is 78.3 Å². The third kappa shape index (κ3) is 6.18. The molecule has 0 N–H and O–H groups in total. The standard InChI is InChI=1S/C12H27B/c1-5-8-10-13(11-9-6-2)12(4)7-3/h12H,5-11H2,1-4H3. The smallest absolute Gasteiger partial charge is 0.0739 e. The molecule has 0 aliphatic carbocycles. The van der Waals surface area contributed by atoms with Gasteiger partial charge in [-0.3, -0.25) is 0 Å². The highest BCUT2D eigenvalue weighted by Gasteiger charge is 2.18. The van der Waals surface area contributed by atoms with Crippen LogP contribution in [-0.2, 0) is 0 Å². The van der Waals surface area contributed by atoms with Crippen LogP contribution >= 0.6 is 0 Å². The van der Waals surface area contributed by atoms with Crippen molar-refractivity contribution in [3.8, 4) is 0 Å². The first-order valence-electron chi connectivity index (χ1n) is 6.26. The van der Waals surface area contributed by atoms with Crippen molar-refractivity contribution in [1.29, 1.82) is 0 Å². The molecule has 0 aliphatic heterocycles. The predicted octanol–water partition coefficient (Wildman–Crippen LogP) is 4.88. The van der Waals surface area contributed by atoms with E-state index >= 15 is 0 Å². The summed E-state index contributed by atoms with van der Waals surface area (Å²) >= 11 is 0. The van der Waals surface area contributed by atoms with E-state index in [-0.39, 0.29) is 0 Å². The van der Waals surface area contributed by atoms with Gasteiger partial charge in [0.05, 0.1) is 0 Å². The lowest BCUT2D eigenvalue weighted by molar-refractivity contribution is 0.783. The van der Waals surface area contributed by atoms with Gasteiger partial charge >= 0.3 is 0 Å². The molecule has 0 heterocycles. The first-order chi connectivity index (χ1) is 6.26. The maximum atomic E-state index is 2.43. The van der Waals surface area contributed by atoms with E-state index in [1.165, 1.54) is 44.7 Å². The molecule has 0 aromatic rings. The van der Waals surface area contributed by atoms with E-state index in [2.05, 4.69) is 27.7 Å². The minimum Gasteiger partial charge on any atom is -0.0739 e. The fourth-order valence-electron chi connectivity index (χ4n) is 1.98. The van der Waals surface area contributed by atoms with Crippen LogP contribution in [-0.4, -0.2) is 6.71 Å². The van der Waals surface area contributed by atoms with Crippen molar-refractivity contribution in [1.82, 2.24) is 0 Å². The molecule has 0 spiro atoms. The van der Waals surface area contributed by atoms with E-state index in [9.17, 15) is 0 Å². The van der Waals surface area contributed by atoms with Crippen molar-refractivity contribution < 1.29 is 0 Å². The van der Waals surface area contributed by atoms with E-state index in [0.717, 1.165) is 12.5 Å². The summed E-state index contributed by atoms with van der Waals surface area (Å²) in [6.45, 7) is 10.4. The summed E-state index contributed by atoms with van der Waals surface area (Å²) < 4.78 is 0. The minimum absolute atomic E-state index is 0.943. The molecule has 0 nitrogen and oxygen atoms in total. The summed E-state index contributed by atoms with van der Waals surface area (Å²) in [4.78, 5) is 0. The molecule has 0 saturated carbocycles. The SMILES string of the molecule is CCCCB(CCCC)C(C)CC. The molecule has 0 fully saturated rings. The molecule has 0 rings (SSSR count). The Morgan fingerprint density at radius 2 is 1.38 bits per heavy atom. The summed E-state index contributed by atoms with van der Waals surface area (Å²) in [6.07, 6.45) is 9.87. The molecule has 13 heavy (non-hydrogen) atoms. The van der Waals surface area contributed by atoms with Crippen LogP contribution in [0.25, 0.3) is 0 Å². The van der Waals surface area contributed by atoms with Crippen LogP contribution in [0.2, 0.25) is 18.5 Å². The Balaban J connectivity index is 3.72. The summed E-state index contributed by atoms with van der Waals surface area (Å²) in [5, 5.41) is 0. The monoisotopic (exact) mass is 182 g/mol. The summed E-state index contributed by atoms with van der Waals surface area (Å²) in [6, 6.07) is 0. The average molecular weight is 182 g/mol. The molecule has 1 atom stereocenters. The van der Waals surface area contributed by atoms with Crippen molar-refractivity contribution in [3.05, 3.63) is 0 Å². The summed E-state index contributed by atoms with van der Waals surface area (Å²) in [5.74, 6) is 0.943. The number of rotatable bonds is 8. The van der Waals surface area contributed by atoms with E-state index in [0.29, 0.717) is 0 Å². The van der Waals surface area contributed by atoms with E-state index in [1.807, 2.05) is 0 Å². The maximum Gasteiger partial charge on any atom is 0.142 e. The van der Waals surface area contributed by atoms with Gasteiger partial charge in [-0.05, 0) is 0 Å². The van der Waals surface area contributed by atoms with Crippen LogP contribution in [0.5, 0.6) is 0 Å². The van der Waals surface area contributed by atoms with Gasteiger partial charge in [-0.25, -0.2) is 0 Å². The Morgan fingerprint density at radius 1 is 0.923 bits per heavy atom. The van der Waals surface area contributed by atoms with Gasteiger partial charge in [0.1, 0.15) is 6.71 Å². The molecule has 0 aromatic carbocycles. The Hall–Kier alpha value is 0.0649. The molecule has 0 amide bonds. The second-order valence-corrected chi connectivity index (χ2v) is 4.43. The summed E-state index contributed by atoms with van der Waals surface area (Å²) in [7, 11) is 0. The lowest BCUT2D eigenvalue weighted by Crippen LogP contribution is -2.17. The molecule has 0 radical (unpaired) electrons. The van der Waals surface area contributed by atoms with Crippen LogP contribution in [0.3, 0.4) is 0 Å². The normalized spacial score (nSPS) is 12.9. The lowest BCUT2D eigenvalue weighted by atomic mass is 9.36. The van der Waals surface area contributed by atoms with Crippen LogP contribution in [0.4, 0.5) is 0 Å². The predicted molar refractivity (Wildman–Crippen MR) is 64.9 cm³/mol. The molecule has 0 saturated heterocycles. The summed E-state index contributed by atoms with van der Waals surface area (Å²) in [5.41, 5.74) is 0. The molecule has 0 bridgehead atoms. The number of hydrogen-bond acceptors (Lipinski definition) is 0. The number of unbranched alkanes of at least 4 members (excludes halogenated alkanes) is 2. The minimum atomic E-state index is 0.943. The highest BCUT2D eigenvalue weighted by atomic mass is 14.0. The van der Waals surface area contributed by atoms with E-state index in [4.69, 9.17) is 0 Å². The third-order valence-electron chi connectivity index (χ3n) is 3.31. The van der Waals surface area contributed by atoms with Crippen LogP contribution < -0.4 is 0 Å². The van der Waals surface area contributed by atoms with Gasteiger partial charge in [0, 0.05) is 0 Å². The van der Waals surface area contributed by atoms with Gasteiger partial charge in [0.25, 0.3) is 0 Å². The highest BCUT2D eigenvalue weighted by Crippen LogP contribution is 2.23. The van der Waals surface area contributed by atoms with Crippen LogP contribution in [0.15, 0.2) is 0 Å². The van der Waals surface area contributed by atoms with Gasteiger partial charge in [-0.15, -0.1) is 0 Å². The second-order valence-electron chi connectivity index (χ2n) is 4.43. The third-order valence-corrected chi connectivity index (χ3v) is 3.31. The zero-order chi connectivity index (χ0) is 10.1. The van der Waals surface area contributed by atoms with E-state index in [1.54, 1.807) is 0 Å². The van der Waals surface area contributed by atoms with Crippen LogP contribution in [0, 0.1) is 0 Å². The molecule has 1 heteroatoms. The molecule has 0 aliphatic rings. The molecule has 1 unspecified atom stereocenters. The Bertz CT molecular complexity index is 93.3. The zero-order valence-corrected chi connectivity index (χ0v) is 10.1. The fourth-order valence-corrected chi connectivity index (χ4v) is 1.98. The van der Waals surface area contributed by atoms with Gasteiger partial charge in [-0.2, -0.15) is 0 Å². The first-order valence-corrected chi connectivity index (χ1v) is 6.26. The molecular weight excluding hydrogens is 155 g/mol. The maximum absolute atomic E-state index is 2.43. The first kappa shape index (κ1) is 13.1. The molecular formula is C12H27B. The molecule has 78 valence electrons. The van der Waals surface area contributed by atoms with Gasteiger partial charge in [-0.1, -0.05) is 78.3 Å². The van der Waals surface area contributed by atoms with Crippen molar-refractivity contribution in [2.75, 3.05) is 0 Å². The quantitative estimate of drug-likeness (QED) is 0.469. The van der Waals surface area contributed by atoms with E-state index < -0.39 is 0 Å². The topological polar surface area (TPSA) is 0 Å². The lowest BCUT2D eigenvalue weighted by Gasteiger charge is -2.19. The van der Waals surface area contributed by atoms with Gasteiger partial charge in [0.15, 0.2) is 0 Å². The average Bonchev–Trinajstić information content (AvgIpc) is 2.17. The van der Waals surface area contributed by atoms with Crippen molar-refractivity contribution in [3.63, 3.8) is 0 Å². The zero-order valence-electron chi connectivity index (χ0n) is 10.1. The van der Waals surface area contributed by atoms with Gasteiger partial charge < -0.3 is 0 Å². The highest BCUT2D eigenvalue weighted by molar-refractivity contribution is 6.60. The van der Waals surface area contributed by atoms with Crippen LogP contribution in [0.1, 0.15) is 59.8 Å². The Morgan fingerprint density at radius 3 is 1.69 bits per heavy atom. The molecule has 0 aromatic heterocycles. The van der Waals surface area contributed by atoms with Gasteiger partial charge in [0.2, 0.25) is 0 Å². The Kier molecular flexibility index (Phi) is 8.70.